The summed E-state index contributed by atoms with van der Waals surface area (Å²) in [5.74, 6) is 1.35. The monoisotopic (exact) mass is 319 g/mol. The van der Waals surface area contributed by atoms with Gasteiger partial charge in [0.25, 0.3) is 0 Å². The van der Waals surface area contributed by atoms with Crippen molar-refractivity contribution in [3.8, 4) is 22.3 Å². The van der Waals surface area contributed by atoms with Crippen LogP contribution in [-0.4, -0.2) is 24.8 Å². The maximum atomic E-state index is 5.39. The minimum atomic E-state index is 0.625. The molecule has 0 radical (unpaired) electrons. The van der Waals surface area contributed by atoms with Crippen LogP contribution in [0.3, 0.4) is 0 Å². The van der Waals surface area contributed by atoms with Crippen molar-refractivity contribution in [2.24, 2.45) is 0 Å². The van der Waals surface area contributed by atoms with E-state index in [-0.39, 0.29) is 0 Å². The Morgan fingerprint density at radius 2 is 1.91 bits per heavy atom. The Balaban J connectivity index is 1.69. The van der Waals surface area contributed by atoms with E-state index < -0.39 is 0 Å². The molecule has 0 fully saturated rings. The predicted octanol–water partition coefficient (Wildman–Crippen LogP) is 3.66. The summed E-state index contributed by atoms with van der Waals surface area (Å²) in [6.45, 7) is 0. The van der Waals surface area contributed by atoms with Crippen molar-refractivity contribution in [1.29, 1.82) is 0 Å². The third-order valence-electron chi connectivity index (χ3n) is 3.55. The average molecular weight is 319 g/mol. The maximum absolute atomic E-state index is 5.39. The molecule has 0 aliphatic heterocycles. The largest absolute Gasteiger partial charge is 0.462 e. The molecule has 0 aliphatic rings. The smallest absolute Gasteiger partial charge is 0.235 e. The first-order valence-corrected chi connectivity index (χ1v) is 7.82. The SMILES string of the molecule is c1coc(-c2nn3c(-c4ccc5ccccc5n4)nnc3s2)c1. The van der Waals surface area contributed by atoms with Crippen LogP contribution in [0.1, 0.15) is 0 Å². The fourth-order valence-corrected chi connectivity index (χ4v) is 3.27. The van der Waals surface area contributed by atoms with Crippen LogP contribution >= 0.6 is 11.3 Å². The van der Waals surface area contributed by atoms with Crippen LogP contribution in [0.25, 0.3) is 38.2 Å². The fraction of sp³-hybridized carbons (Fsp3) is 0. The van der Waals surface area contributed by atoms with Gasteiger partial charge in [0.2, 0.25) is 10.8 Å². The Morgan fingerprint density at radius 1 is 0.957 bits per heavy atom. The van der Waals surface area contributed by atoms with Crippen LogP contribution in [0, 0.1) is 0 Å². The lowest BCUT2D eigenvalue weighted by atomic mass is 10.2. The van der Waals surface area contributed by atoms with Gasteiger partial charge in [-0.3, -0.25) is 0 Å². The average Bonchev–Trinajstić information content (AvgIpc) is 3.30. The van der Waals surface area contributed by atoms with Crippen LogP contribution in [0.4, 0.5) is 0 Å². The second kappa shape index (κ2) is 4.72. The highest BCUT2D eigenvalue weighted by Crippen LogP contribution is 2.28. The van der Waals surface area contributed by atoms with Crippen molar-refractivity contribution in [2.75, 3.05) is 0 Å². The van der Waals surface area contributed by atoms with E-state index in [4.69, 9.17) is 4.42 Å². The van der Waals surface area contributed by atoms with Gasteiger partial charge in [0, 0.05) is 5.39 Å². The van der Waals surface area contributed by atoms with Gasteiger partial charge in [0.15, 0.2) is 10.8 Å². The highest BCUT2D eigenvalue weighted by atomic mass is 32.1. The van der Waals surface area contributed by atoms with E-state index in [0.717, 1.165) is 27.4 Å². The highest BCUT2D eigenvalue weighted by molar-refractivity contribution is 7.19. The number of benzene rings is 1. The normalized spacial score (nSPS) is 11.5. The van der Waals surface area contributed by atoms with Crippen LogP contribution in [-0.2, 0) is 0 Å². The number of para-hydroxylation sites is 1. The summed E-state index contributed by atoms with van der Waals surface area (Å²) in [5.41, 5.74) is 1.66. The highest BCUT2D eigenvalue weighted by Gasteiger charge is 2.16. The molecule has 1 aromatic carbocycles. The molecule has 0 spiro atoms. The molecule has 4 aromatic heterocycles. The molecule has 0 saturated carbocycles. The Hall–Kier alpha value is -3.06. The lowest BCUT2D eigenvalue weighted by Gasteiger charge is -2.00. The molecule has 0 bridgehead atoms. The van der Waals surface area contributed by atoms with Crippen LogP contribution < -0.4 is 0 Å². The Morgan fingerprint density at radius 3 is 2.83 bits per heavy atom. The van der Waals surface area contributed by atoms with E-state index in [1.54, 1.807) is 10.8 Å². The van der Waals surface area contributed by atoms with E-state index in [9.17, 15) is 0 Å². The summed E-state index contributed by atoms with van der Waals surface area (Å²) in [6.07, 6.45) is 1.63. The van der Waals surface area contributed by atoms with E-state index >= 15 is 0 Å². The topological polar surface area (TPSA) is 69.1 Å². The zero-order valence-electron chi connectivity index (χ0n) is 11.7. The van der Waals surface area contributed by atoms with E-state index in [2.05, 4.69) is 20.3 Å². The number of rotatable bonds is 2. The molecule has 0 unspecified atom stereocenters. The molecule has 110 valence electrons. The van der Waals surface area contributed by atoms with Gasteiger partial charge >= 0.3 is 0 Å². The van der Waals surface area contributed by atoms with E-state index in [1.165, 1.54) is 11.3 Å². The molecule has 23 heavy (non-hydrogen) atoms. The number of nitrogens with zero attached hydrogens (tertiary/aromatic N) is 5. The Kier molecular flexibility index (Phi) is 2.56. The number of aromatic nitrogens is 5. The van der Waals surface area contributed by atoms with Crippen LogP contribution in [0.5, 0.6) is 0 Å². The first kappa shape index (κ1) is 12.5. The fourth-order valence-electron chi connectivity index (χ4n) is 2.47. The van der Waals surface area contributed by atoms with Gasteiger partial charge < -0.3 is 4.42 Å². The third-order valence-corrected chi connectivity index (χ3v) is 4.46. The molecule has 7 heteroatoms. The molecular formula is C16H9N5OS. The zero-order chi connectivity index (χ0) is 15.2. The van der Waals surface area contributed by atoms with Gasteiger partial charge in [-0.15, -0.1) is 15.3 Å². The zero-order valence-corrected chi connectivity index (χ0v) is 12.6. The first-order chi connectivity index (χ1) is 11.4. The molecule has 0 amide bonds. The van der Waals surface area contributed by atoms with Crippen LogP contribution in [0.2, 0.25) is 0 Å². The molecule has 0 N–H and O–H groups in total. The summed E-state index contributed by atoms with van der Waals surface area (Å²) in [4.78, 5) is 5.37. The molecule has 0 atom stereocenters. The molecule has 0 aliphatic carbocycles. The summed E-state index contributed by atoms with van der Waals surface area (Å²) in [5, 5.41) is 14.8. The van der Waals surface area contributed by atoms with Crippen LogP contribution in [0.15, 0.2) is 59.2 Å². The number of hydrogen-bond acceptors (Lipinski definition) is 6. The second-order valence-corrected chi connectivity index (χ2v) is 5.95. The van der Waals surface area contributed by atoms with Gasteiger partial charge in [-0.05, 0) is 24.3 Å². The lowest BCUT2D eigenvalue weighted by Crippen LogP contribution is -1.93. The predicted molar refractivity (Wildman–Crippen MR) is 87.1 cm³/mol. The van der Waals surface area contributed by atoms with E-state index in [1.807, 2.05) is 48.5 Å². The molecule has 0 saturated heterocycles. The van der Waals surface area contributed by atoms with Gasteiger partial charge in [-0.1, -0.05) is 35.6 Å². The second-order valence-electron chi connectivity index (χ2n) is 4.99. The quantitative estimate of drug-likeness (QED) is 0.496. The summed E-state index contributed by atoms with van der Waals surface area (Å²) < 4.78 is 7.10. The first-order valence-electron chi connectivity index (χ1n) is 7.01. The minimum absolute atomic E-state index is 0.625. The Bertz CT molecular complexity index is 1130. The van der Waals surface area contributed by atoms with Crippen molar-refractivity contribution in [2.45, 2.75) is 0 Å². The molecule has 5 rings (SSSR count). The van der Waals surface area contributed by atoms with Crippen molar-refractivity contribution < 1.29 is 4.42 Å². The summed E-state index contributed by atoms with van der Waals surface area (Å²) in [7, 11) is 0. The van der Waals surface area contributed by atoms with Crippen molar-refractivity contribution in [3.05, 3.63) is 54.8 Å². The number of fused-ring (bicyclic) bond motifs is 2. The summed E-state index contributed by atoms with van der Waals surface area (Å²) >= 11 is 1.43. The molecule has 5 aromatic rings. The lowest BCUT2D eigenvalue weighted by molar-refractivity contribution is 0.580. The van der Waals surface area contributed by atoms with Gasteiger partial charge in [-0.2, -0.15) is 4.52 Å². The van der Waals surface area contributed by atoms with Gasteiger partial charge in [0.05, 0.1) is 11.8 Å². The van der Waals surface area contributed by atoms with Crippen molar-refractivity contribution in [3.63, 3.8) is 0 Å². The number of hydrogen-bond donors (Lipinski definition) is 0. The maximum Gasteiger partial charge on any atom is 0.235 e. The van der Waals surface area contributed by atoms with E-state index in [0.29, 0.717) is 10.8 Å². The molecule has 4 heterocycles. The summed E-state index contributed by atoms with van der Waals surface area (Å²) in [6, 6.07) is 15.6. The molecule has 6 nitrogen and oxygen atoms in total. The van der Waals surface area contributed by atoms with Crippen molar-refractivity contribution >= 4 is 27.2 Å². The van der Waals surface area contributed by atoms with Crippen molar-refractivity contribution in [1.82, 2.24) is 24.8 Å². The van der Waals surface area contributed by atoms with Gasteiger partial charge in [0.1, 0.15) is 5.69 Å². The number of furan rings is 1. The Labute approximate surface area is 134 Å². The third kappa shape index (κ3) is 1.94. The molecular weight excluding hydrogens is 310 g/mol. The number of pyridine rings is 1. The minimum Gasteiger partial charge on any atom is -0.462 e. The standard InChI is InChI=1S/C16H9N5OS/c1-2-5-11-10(4-1)7-8-12(17-11)14-18-19-16-21(14)20-15(23-16)13-6-3-9-22-13/h1-9H. The van der Waals surface area contributed by atoms with Gasteiger partial charge in [-0.25, -0.2) is 4.98 Å².